The van der Waals surface area contributed by atoms with Gasteiger partial charge in [0, 0.05) is 23.0 Å². The molecular formula is C23H20N4OS. The predicted molar refractivity (Wildman–Crippen MR) is 119 cm³/mol. The third kappa shape index (κ3) is 4.17. The van der Waals surface area contributed by atoms with Crippen LogP contribution in [-0.4, -0.2) is 22.3 Å². The van der Waals surface area contributed by atoms with Gasteiger partial charge in [-0.05, 0) is 36.9 Å². The minimum absolute atomic E-state index is 0.168. The van der Waals surface area contributed by atoms with Crippen LogP contribution in [0.25, 0.3) is 11.3 Å². The van der Waals surface area contributed by atoms with Crippen LogP contribution in [0.5, 0.6) is 0 Å². The number of amides is 1. The molecule has 5 nitrogen and oxygen atoms in total. The fourth-order valence-electron chi connectivity index (χ4n) is 2.95. The number of hydrogen-bond donors (Lipinski definition) is 2. The zero-order valence-corrected chi connectivity index (χ0v) is 17.0. The SMILES string of the molecule is Cc1ccc(-c2[nH]ncc2/C=N/c2sccc2C(=O)Nc2ccccc2C)cc1. The van der Waals surface area contributed by atoms with Crippen molar-refractivity contribution in [1.29, 1.82) is 0 Å². The molecule has 0 radical (unpaired) electrons. The number of carbonyl (C=O) groups is 1. The van der Waals surface area contributed by atoms with Gasteiger partial charge in [0.2, 0.25) is 0 Å². The molecule has 0 aliphatic carbocycles. The van der Waals surface area contributed by atoms with Gasteiger partial charge in [0.1, 0.15) is 5.00 Å². The Hall–Kier alpha value is -3.51. The summed E-state index contributed by atoms with van der Waals surface area (Å²) in [4.78, 5) is 17.3. The van der Waals surface area contributed by atoms with Crippen molar-refractivity contribution in [1.82, 2.24) is 10.2 Å². The molecule has 0 aliphatic heterocycles. The fourth-order valence-corrected chi connectivity index (χ4v) is 3.68. The number of aliphatic imine (C=N–C) groups is 1. The predicted octanol–water partition coefficient (Wildman–Crippen LogP) is 5.76. The number of nitrogens with zero attached hydrogens (tertiary/aromatic N) is 2. The van der Waals surface area contributed by atoms with Gasteiger partial charge >= 0.3 is 0 Å². The van der Waals surface area contributed by atoms with Crippen LogP contribution in [0.4, 0.5) is 10.7 Å². The summed E-state index contributed by atoms with van der Waals surface area (Å²) in [6.07, 6.45) is 3.48. The molecule has 144 valence electrons. The van der Waals surface area contributed by atoms with Gasteiger partial charge in [0.25, 0.3) is 5.91 Å². The first-order valence-corrected chi connectivity index (χ1v) is 10.1. The van der Waals surface area contributed by atoms with Crippen molar-refractivity contribution in [2.24, 2.45) is 4.99 Å². The second kappa shape index (κ2) is 8.24. The monoisotopic (exact) mass is 400 g/mol. The van der Waals surface area contributed by atoms with E-state index in [0.29, 0.717) is 10.6 Å². The Morgan fingerprint density at radius 1 is 1.10 bits per heavy atom. The molecule has 0 spiro atoms. The molecule has 0 aliphatic rings. The molecule has 2 N–H and O–H groups in total. The number of para-hydroxylation sites is 1. The van der Waals surface area contributed by atoms with Crippen LogP contribution in [0, 0.1) is 13.8 Å². The number of aromatic amines is 1. The Kier molecular flexibility index (Phi) is 5.35. The fraction of sp³-hybridized carbons (Fsp3) is 0.0870. The molecule has 0 saturated heterocycles. The van der Waals surface area contributed by atoms with E-state index in [1.807, 2.05) is 48.7 Å². The summed E-state index contributed by atoms with van der Waals surface area (Å²) in [5.41, 5.74) is 6.38. The quantitative estimate of drug-likeness (QED) is 0.418. The normalized spacial score (nSPS) is 11.1. The first kappa shape index (κ1) is 18.8. The van der Waals surface area contributed by atoms with Crippen molar-refractivity contribution in [2.45, 2.75) is 13.8 Å². The largest absolute Gasteiger partial charge is 0.322 e. The minimum Gasteiger partial charge on any atom is -0.322 e. The number of thiophene rings is 1. The molecule has 2 heterocycles. The van der Waals surface area contributed by atoms with Crippen molar-refractivity contribution in [3.63, 3.8) is 0 Å². The van der Waals surface area contributed by atoms with Crippen LogP contribution >= 0.6 is 11.3 Å². The molecule has 2 aromatic carbocycles. The summed E-state index contributed by atoms with van der Waals surface area (Å²) in [5, 5.41) is 12.7. The van der Waals surface area contributed by atoms with E-state index in [0.717, 1.165) is 28.1 Å². The number of carbonyl (C=O) groups excluding carboxylic acids is 1. The molecule has 6 heteroatoms. The topological polar surface area (TPSA) is 70.1 Å². The lowest BCUT2D eigenvalue weighted by atomic mass is 10.1. The van der Waals surface area contributed by atoms with Gasteiger partial charge in [-0.15, -0.1) is 11.3 Å². The van der Waals surface area contributed by atoms with Gasteiger partial charge in [-0.25, -0.2) is 4.99 Å². The standard InChI is InChI=1S/C23H20N4OS/c1-15-7-9-17(10-8-15)21-18(14-25-27-21)13-24-23-19(11-12-29-23)22(28)26-20-6-4-3-5-16(20)2/h3-14H,1-2H3,(H,25,27)(H,26,28)/b24-13+. The van der Waals surface area contributed by atoms with Crippen LogP contribution in [0.3, 0.4) is 0 Å². The smallest absolute Gasteiger partial charge is 0.258 e. The molecule has 4 aromatic rings. The Bertz CT molecular complexity index is 1170. The summed E-state index contributed by atoms with van der Waals surface area (Å²) in [6, 6.07) is 17.7. The van der Waals surface area contributed by atoms with Gasteiger partial charge < -0.3 is 5.32 Å². The molecule has 0 fully saturated rings. The Morgan fingerprint density at radius 3 is 2.69 bits per heavy atom. The van der Waals surface area contributed by atoms with E-state index in [1.165, 1.54) is 16.9 Å². The van der Waals surface area contributed by atoms with Gasteiger partial charge in [-0.2, -0.15) is 5.10 Å². The van der Waals surface area contributed by atoms with Crippen molar-refractivity contribution in [2.75, 3.05) is 5.32 Å². The van der Waals surface area contributed by atoms with E-state index < -0.39 is 0 Å². The van der Waals surface area contributed by atoms with Crippen LogP contribution in [0.1, 0.15) is 27.0 Å². The lowest BCUT2D eigenvalue weighted by Gasteiger charge is -2.07. The lowest BCUT2D eigenvalue weighted by molar-refractivity contribution is 0.102. The number of aromatic nitrogens is 2. The number of nitrogens with one attached hydrogen (secondary N) is 2. The second-order valence-corrected chi connectivity index (χ2v) is 7.63. The molecule has 29 heavy (non-hydrogen) atoms. The van der Waals surface area contributed by atoms with E-state index >= 15 is 0 Å². The molecule has 0 saturated carbocycles. The first-order valence-electron chi connectivity index (χ1n) is 9.21. The minimum atomic E-state index is -0.168. The van der Waals surface area contributed by atoms with Gasteiger partial charge in [-0.3, -0.25) is 9.89 Å². The molecule has 1 amide bonds. The van der Waals surface area contributed by atoms with E-state index in [2.05, 4.69) is 39.6 Å². The Labute approximate surface area is 173 Å². The number of H-pyrrole nitrogens is 1. The number of hydrogen-bond acceptors (Lipinski definition) is 4. The molecule has 0 atom stereocenters. The summed E-state index contributed by atoms with van der Waals surface area (Å²) in [6.45, 7) is 4.02. The van der Waals surface area contributed by atoms with E-state index in [-0.39, 0.29) is 5.91 Å². The number of aryl methyl sites for hydroxylation is 2. The van der Waals surface area contributed by atoms with Crippen molar-refractivity contribution in [3.05, 3.63) is 88.4 Å². The average Bonchev–Trinajstić information content (AvgIpc) is 3.38. The molecule has 4 rings (SSSR count). The Morgan fingerprint density at radius 2 is 1.90 bits per heavy atom. The van der Waals surface area contributed by atoms with Gasteiger partial charge in [-0.1, -0.05) is 48.0 Å². The second-order valence-electron chi connectivity index (χ2n) is 6.73. The zero-order chi connectivity index (χ0) is 20.2. The van der Waals surface area contributed by atoms with Crippen molar-refractivity contribution in [3.8, 4) is 11.3 Å². The number of rotatable bonds is 5. The maximum Gasteiger partial charge on any atom is 0.258 e. The van der Waals surface area contributed by atoms with Gasteiger partial charge in [0.15, 0.2) is 0 Å². The lowest BCUT2D eigenvalue weighted by Crippen LogP contribution is -2.11. The maximum atomic E-state index is 12.7. The van der Waals surface area contributed by atoms with Crippen LogP contribution in [0.15, 0.2) is 71.2 Å². The van der Waals surface area contributed by atoms with Gasteiger partial charge in [0.05, 0.1) is 17.5 Å². The number of benzene rings is 2. The maximum absolute atomic E-state index is 12.7. The zero-order valence-electron chi connectivity index (χ0n) is 16.1. The molecule has 2 aromatic heterocycles. The third-order valence-corrected chi connectivity index (χ3v) is 5.43. The number of anilines is 1. The molecule has 0 bridgehead atoms. The van der Waals surface area contributed by atoms with Crippen molar-refractivity contribution < 1.29 is 4.79 Å². The average molecular weight is 401 g/mol. The summed E-state index contributed by atoms with van der Waals surface area (Å²) in [7, 11) is 0. The van der Waals surface area contributed by atoms with Crippen LogP contribution in [0.2, 0.25) is 0 Å². The third-order valence-electron chi connectivity index (χ3n) is 4.61. The van der Waals surface area contributed by atoms with E-state index in [9.17, 15) is 4.79 Å². The highest BCUT2D eigenvalue weighted by Crippen LogP contribution is 2.28. The van der Waals surface area contributed by atoms with E-state index in [1.54, 1.807) is 18.5 Å². The highest BCUT2D eigenvalue weighted by molar-refractivity contribution is 7.14. The van der Waals surface area contributed by atoms with Crippen molar-refractivity contribution >= 4 is 34.1 Å². The highest BCUT2D eigenvalue weighted by atomic mass is 32.1. The first-order chi connectivity index (χ1) is 14.1. The summed E-state index contributed by atoms with van der Waals surface area (Å²) < 4.78 is 0. The van der Waals surface area contributed by atoms with Crippen LogP contribution in [-0.2, 0) is 0 Å². The van der Waals surface area contributed by atoms with E-state index in [4.69, 9.17) is 0 Å². The summed E-state index contributed by atoms with van der Waals surface area (Å²) >= 11 is 1.43. The van der Waals surface area contributed by atoms with Crippen LogP contribution < -0.4 is 5.32 Å². The molecule has 0 unspecified atom stereocenters. The highest BCUT2D eigenvalue weighted by Gasteiger charge is 2.14. The molecular weight excluding hydrogens is 380 g/mol. The summed E-state index contributed by atoms with van der Waals surface area (Å²) in [5.74, 6) is -0.168. The Balaban J connectivity index is 1.56.